The van der Waals surface area contributed by atoms with E-state index in [2.05, 4.69) is 10.6 Å². The van der Waals surface area contributed by atoms with Gasteiger partial charge in [-0.15, -0.1) is 0 Å². The van der Waals surface area contributed by atoms with E-state index in [0.717, 1.165) is 0 Å². The van der Waals surface area contributed by atoms with E-state index in [0.29, 0.717) is 65.4 Å². The molecule has 2 heterocycles. The SMILES string of the molecule is CCNC(=O)N1CCN(C(=O)CC(O)CC(=O)N2CCN(C(=O)NCC)CC2)CC1. The van der Waals surface area contributed by atoms with Crippen molar-refractivity contribution < 1.29 is 24.3 Å². The van der Waals surface area contributed by atoms with E-state index in [4.69, 9.17) is 0 Å². The Bertz CT molecular complexity index is 563. The summed E-state index contributed by atoms with van der Waals surface area (Å²) in [6.45, 7) is 8.26. The molecule has 0 radical (unpaired) electrons. The monoisotopic (exact) mass is 426 g/mol. The molecule has 11 nitrogen and oxygen atoms in total. The van der Waals surface area contributed by atoms with Gasteiger partial charge in [0.25, 0.3) is 0 Å². The number of urea groups is 2. The first kappa shape index (κ1) is 23.7. The molecule has 2 fully saturated rings. The molecular formula is C19H34N6O5. The highest BCUT2D eigenvalue weighted by Crippen LogP contribution is 2.10. The number of nitrogens with zero attached hydrogens (tertiary/aromatic N) is 4. The van der Waals surface area contributed by atoms with Crippen LogP contribution in [0.2, 0.25) is 0 Å². The third kappa shape index (κ3) is 6.75. The summed E-state index contributed by atoms with van der Waals surface area (Å²) in [5, 5.41) is 15.7. The Morgan fingerprint density at radius 1 is 0.667 bits per heavy atom. The van der Waals surface area contributed by atoms with Crippen molar-refractivity contribution >= 4 is 23.9 Å². The highest BCUT2D eigenvalue weighted by molar-refractivity contribution is 5.81. The number of carbonyl (C=O) groups excluding carboxylic acids is 4. The van der Waals surface area contributed by atoms with Crippen molar-refractivity contribution in [3.05, 3.63) is 0 Å². The molecule has 0 bridgehead atoms. The molecule has 170 valence electrons. The summed E-state index contributed by atoms with van der Waals surface area (Å²) in [5.74, 6) is -0.432. The lowest BCUT2D eigenvalue weighted by Crippen LogP contribution is -2.54. The highest BCUT2D eigenvalue weighted by atomic mass is 16.3. The van der Waals surface area contributed by atoms with Gasteiger partial charge in [-0.3, -0.25) is 9.59 Å². The average Bonchev–Trinajstić information content (AvgIpc) is 2.74. The van der Waals surface area contributed by atoms with Crippen LogP contribution in [-0.4, -0.2) is 120 Å². The van der Waals surface area contributed by atoms with Gasteiger partial charge in [0.15, 0.2) is 0 Å². The number of nitrogens with one attached hydrogen (secondary N) is 2. The summed E-state index contributed by atoms with van der Waals surface area (Å²) in [7, 11) is 0. The largest absolute Gasteiger partial charge is 0.392 e. The predicted octanol–water partition coefficient (Wildman–Crippen LogP) is -1.13. The molecule has 0 atom stereocenters. The van der Waals surface area contributed by atoms with Crippen LogP contribution in [0.25, 0.3) is 0 Å². The zero-order valence-corrected chi connectivity index (χ0v) is 17.9. The fourth-order valence-corrected chi connectivity index (χ4v) is 3.58. The topological polar surface area (TPSA) is 126 Å². The number of aliphatic hydroxyl groups is 1. The fourth-order valence-electron chi connectivity index (χ4n) is 3.58. The second kappa shape index (κ2) is 11.6. The molecule has 3 N–H and O–H groups in total. The lowest BCUT2D eigenvalue weighted by atomic mass is 10.1. The van der Waals surface area contributed by atoms with Gasteiger partial charge in [-0.1, -0.05) is 0 Å². The lowest BCUT2D eigenvalue weighted by Gasteiger charge is -2.36. The number of rotatable bonds is 6. The summed E-state index contributed by atoms with van der Waals surface area (Å²) in [6, 6.07) is -0.273. The molecule has 2 saturated heterocycles. The Morgan fingerprint density at radius 3 is 1.27 bits per heavy atom. The molecule has 30 heavy (non-hydrogen) atoms. The van der Waals surface area contributed by atoms with Gasteiger partial charge in [0.1, 0.15) is 0 Å². The van der Waals surface area contributed by atoms with Crippen LogP contribution in [0.15, 0.2) is 0 Å². The van der Waals surface area contributed by atoms with E-state index in [1.54, 1.807) is 19.6 Å². The predicted molar refractivity (Wildman–Crippen MR) is 110 cm³/mol. The molecule has 0 unspecified atom stereocenters. The van der Waals surface area contributed by atoms with Gasteiger partial charge in [-0.2, -0.15) is 0 Å². The molecule has 0 aliphatic carbocycles. The van der Waals surface area contributed by atoms with Crippen molar-refractivity contribution in [2.24, 2.45) is 0 Å². The van der Waals surface area contributed by atoms with E-state index in [1.165, 1.54) is 0 Å². The number of aliphatic hydroxyl groups excluding tert-OH is 1. The summed E-state index contributed by atoms with van der Waals surface area (Å²) in [4.78, 5) is 55.0. The molecular weight excluding hydrogens is 392 g/mol. The summed E-state index contributed by atoms with van der Waals surface area (Å²) in [5.41, 5.74) is 0. The molecule has 0 aromatic rings. The van der Waals surface area contributed by atoms with Crippen LogP contribution in [0, 0.1) is 0 Å². The molecule has 0 aromatic heterocycles. The Kier molecular flexibility index (Phi) is 9.15. The minimum Gasteiger partial charge on any atom is -0.392 e. The summed E-state index contributed by atoms with van der Waals surface area (Å²) in [6.07, 6.45) is -1.29. The molecule has 0 saturated carbocycles. The first-order valence-electron chi connectivity index (χ1n) is 10.6. The van der Waals surface area contributed by atoms with Crippen molar-refractivity contribution in [1.82, 2.24) is 30.2 Å². The summed E-state index contributed by atoms with van der Waals surface area (Å²) >= 11 is 0. The Labute approximate surface area is 177 Å². The van der Waals surface area contributed by atoms with Crippen LogP contribution in [-0.2, 0) is 9.59 Å². The number of hydrogen-bond donors (Lipinski definition) is 3. The molecule has 2 aliphatic rings. The fraction of sp³-hybridized carbons (Fsp3) is 0.789. The van der Waals surface area contributed by atoms with E-state index in [-0.39, 0.29) is 36.7 Å². The second-order valence-electron chi connectivity index (χ2n) is 7.47. The van der Waals surface area contributed by atoms with E-state index in [9.17, 15) is 24.3 Å². The van der Waals surface area contributed by atoms with E-state index in [1.807, 2.05) is 13.8 Å². The first-order chi connectivity index (χ1) is 14.3. The van der Waals surface area contributed by atoms with Crippen molar-refractivity contribution in [2.75, 3.05) is 65.4 Å². The average molecular weight is 427 g/mol. The summed E-state index contributed by atoms with van der Waals surface area (Å²) < 4.78 is 0. The number of hydrogen-bond acceptors (Lipinski definition) is 5. The minimum absolute atomic E-state index is 0.119. The van der Waals surface area contributed by atoms with Gasteiger partial charge >= 0.3 is 12.1 Å². The van der Waals surface area contributed by atoms with Crippen molar-refractivity contribution in [2.45, 2.75) is 32.8 Å². The normalized spacial score (nSPS) is 17.2. The zero-order valence-electron chi connectivity index (χ0n) is 17.9. The number of carbonyl (C=O) groups is 4. The highest BCUT2D eigenvalue weighted by Gasteiger charge is 2.28. The second-order valence-corrected chi connectivity index (χ2v) is 7.47. The van der Waals surface area contributed by atoms with Crippen LogP contribution >= 0.6 is 0 Å². The Balaban J connectivity index is 1.69. The van der Waals surface area contributed by atoms with Crippen LogP contribution < -0.4 is 10.6 Å². The Morgan fingerprint density at radius 2 is 0.967 bits per heavy atom. The maximum Gasteiger partial charge on any atom is 0.317 e. The van der Waals surface area contributed by atoms with Gasteiger partial charge in [0, 0.05) is 65.4 Å². The van der Waals surface area contributed by atoms with Crippen LogP contribution in [0.5, 0.6) is 0 Å². The van der Waals surface area contributed by atoms with Gasteiger partial charge < -0.3 is 35.3 Å². The van der Waals surface area contributed by atoms with Crippen molar-refractivity contribution in [1.29, 1.82) is 0 Å². The molecule has 2 aliphatic heterocycles. The smallest absolute Gasteiger partial charge is 0.317 e. The lowest BCUT2D eigenvalue weighted by molar-refractivity contribution is -0.138. The van der Waals surface area contributed by atoms with Crippen LogP contribution in [0.4, 0.5) is 9.59 Å². The molecule has 2 rings (SSSR count). The van der Waals surface area contributed by atoms with E-state index >= 15 is 0 Å². The van der Waals surface area contributed by atoms with Gasteiger partial charge in [0.2, 0.25) is 11.8 Å². The molecule has 0 aromatic carbocycles. The first-order valence-corrected chi connectivity index (χ1v) is 10.6. The third-order valence-corrected chi connectivity index (χ3v) is 5.32. The zero-order chi connectivity index (χ0) is 22.1. The van der Waals surface area contributed by atoms with E-state index < -0.39 is 6.10 Å². The van der Waals surface area contributed by atoms with Crippen molar-refractivity contribution in [3.63, 3.8) is 0 Å². The molecule has 0 spiro atoms. The van der Waals surface area contributed by atoms with Crippen molar-refractivity contribution in [3.8, 4) is 0 Å². The van der Waals surface area contributed by atoms with Gasteiger partial charge in [-0.05, 0) is 13.8 Å². The minimum atomic E-state index is -1.05. The Hall–Kier alpha value is -2.56. The standard InChI is InChI=1S/C19H34N6O5/c1-3-20-18(29)24-9-5-22(6-10-24)16(27)13-15(26)14-17(28)23-7-11-25(12-8-23)19(30)21-4-2/h15,26H,3-14H2,1-2H3,(H,20,29)(H,21,30). The maximum atomic E-state index is 12.4. The number of amides is 6. The maximum absolute atomic E-state index is 12.4. The van der Waals surface area contributed by atoms with Gasteiger partial charge in [0.05, 0.1) is 18.9 Å². The number of piperazine rings is 2. The molecule has 6 amide bonds. The van der Waals surface area contributed by atoms with Crippen LogP contribution in [0.1, 0.15) is 26.7 Å². The van der Waals surface area contributed by atoms with Gasteiger partial charge in [-0.25, -0.2) is 9.59 Å². The molecule has 11 heteroatoms. The third-order valence-electron chi connectivity index (χ3n) is 5.32. The van der Waals surface area contributed by atoms with Crippen LogP contribution in [0.3, 0.4) is 0 Å². The quantitative estimate of drug-likeness (QED) is 0.496.